The van der Waals surface area contributed by atoms with Crippen molar-refractivity contribution < 1.29 is 9.47 Å². The summed E-state index contributed by atoms with van der Waals surface area (Å²) >= 11 is 0. The molecule has 92 valence electrons. The molecule has 1 unspecified atom stereocenters. The highest BCUT2D eigenvalue weighted by Crippen LogP contribution is 2.40. The van der Waals surface area contributed by atoms with Gasteiger partial charge in [-0.1, -0.05) is 0 Å². The Balaban J connectivity index is 2.06. The van der Waals surface area contributed by atoms with Crippen molar-refractivity contribution in [3.8, 4) is 11.5 Å². The maximum absolute atomic E-state index is 5.71. The summed E-state index contributed by atoms with van der Waals surface area (Å²) in [4.78, 5) is 0. The van der Waals surface area contributed by atoms with E-state index in [4.69, 9.17) is 9.47 Å². The average molecular weight is 233 g/mol. The van der Waals surface area contributed by atoms with Crippen LogP contribution in [0.15, 0.2) is 6.07 Å². The van der Waals surface area contributed by atoms with Gasteiger partial charge >= 0.3 is 0 Å². The number of benzene rings is 1. The fraction of sp³-hybridized carbons (Fsp3) is 0.571. The van der Waals surface area contributed by atoms with Gasteiger partial charge in [-0.05, 0) is 56.0 Å². The Morgan fingerprint density at radius 1 is 1.18 bits per heavy atom. The zero-order valence-electron chi connectivity index (χ0n) is 10.5. The van der Waals surface area contributed by atoms with Crippen LogP contribution in [0.25, 0.3) is 0 Å². The van der Waals surface area contributed by atoms with Crippen LogP contribution in [0.4, 0.5) is 0 Å². The molecule has 2 aliphatic rings. The van der Waals surface area contributed by atoms with Gasteiger partial charge in [-0.15, -0.1) is 0 Å². The van der Waals surface area contributed by atoms with Gasteiger partial charge in [0.2, 0.25) is 0 Å². The lowest BCUT2D eigenvalue weighted by molar-refractivity contribution is 0.170. The van der Waals surface area contributed by atoms with E-state index >= 15 is 0 Å². The topological polar surface area (TPSA) is 30.5 Å². The van der Waals surface area contributed by atoms with Gasteiger partial charge in [0.05, 0.1) is 0 Å². The second-order valence-electron chi connectivity index (χ2n) is 4.89. The first kappa shape index (κ1) is 10.9. The molecular weight excluding hydrogens is 214 g/mol. The van der Waals surface area contributed by atoms with E-state index in [1.807, 2.05) is 0 Å². The largest absolute Gasteiger partial charge is 0.486 e. The van der Waals surface area contributed by atoms with Crippen molar-refractivity contribution in [2.24, 2.45) is 0 Å². The smallest absolute Gasteiger partial charge is 0.164 e. The monoisotopic (exact) mass is 233 g/mol. The Morgan fingerprint density at radius 2 is 2.00 bits per heavy atom. The number of rotatable bonds is 1. The first-order chi connectivity index (χ1) is 8.27. The summed E-state index contributed by atoms with van der Waals surface area (Å²) in [5.41, 5.74) is 3.95. The average Bonchev–Trinajstić information content (AvgIpc) is 2.87. The third kappa shape index (κ3) is 1.78. The molecule has 0 aromatic heterocycles. The third-order valence-electron chi connectivity index (χ3n) is 3.87. The van der Waals surface area contributed by atoms with Crippen LogP contribution in [0, 0.1) is 13.8 Å². The molecule has 3 nitrogen and oxygen atoms in total. The van der Waals surface area contributed by atoms with Crippen LogP contribution in [0.1, 0.15) is 35.6 Å². The molecule has 0 amide bonds. The van der Waals surface area contributed by atoms with Gasteiger partial charge in [0, 0.05) is 6.04 Å². The van der Waals surface area contributed by atoms with Gasteiger partial charge in [0.15, 0.2) is 11.5 Å². The van der Waals surface area contributed by atoms with E-state index in [-0.39, 0.29) is 0 Å². The molecule has 1 atom stereocenters. The minimum Gasteiger partial charge on any atom is -0.486 e. The minimum atomic E-state index is 0.490. The molecule has 1 N–H and O–H groups in total. The summed E-state index contributed by atoms with van der Waals surface area (Å²) in [5, 5.41) is 3.55. The van der Waals surface area contributed by atoms with Crippen LogP contribution >= 0.6 is 0 Å². The van der Waals surface area contributed by atoms with E-state index in [9.17, 15) is 0 Å². The van der Waals surface area contributed by atoms with Crippen molar-refractivity contribution in [3.63, 3.8) is 0 Å². The number of hydrogen-bond acceptors (Lipinski definition) is 3. The predicted octanol–water partition coefficient (Wildman–Crippen LogP) is 2.50. The molecule has 0 saturated carbocycles. The number of ether oxygens (including phenoxy) is 2. The molecule has 0 radical (unpaired) electrons. The lowest BCUT2D eigenvalue weighted by Gasteiger charge is -2.25. The molecule has 3 heteroatoms. The molecule has 1 saturated heterocycles. The predicted molar refractivity (Wildman–Crippen MR) is 66.9 cm³/mol. The van der Waals surface area contributed by atoms with E-state index < -0.39 is 0 Å². The molecule has 2 aliphatic heterocycles. The van der Waals surface area contributed by atoms with Crippen molar-refractivity contribution in [2.75, 3.05) is 19.8 Å². The first-order valence-electron chi connectivity index (χ1n) is 6.40. The Labute approximate surface area is 102 Å². The zero-order valence-corrected chi connectivity index (χ0v) is 10.5. The van der Waals surface area contributed by atoms with Crippen molar-refractivity contribution in [1.29, 1.82) is 0 Å². The van der Waals surface area contributed by atoms with E-state index in [0.717, 1.165) is 18.0 Å². The summed E-state index contributed by atoms with van der Waals surface area (Å²) in [6, 6.07) is 2.66. The maximum atomic E-state index is 5.71. The van der Waals surface area contributed by atoms with Gasteiger partial charge in [-0.2, -0.15) is 0 Å². The molecule has 0 bridgehead atoms. The van der Waals surface area contributed by atoms with Gasteiger partial charge in [-0.3, -0.25) is 0 Å². The van der Waals surface area contributed by atoms with Crippen LogP contribution < -0.4 is 14.8 Å². The fourth-order valence-corrected chi connectivity index (χ4v) is 2.78. The highest BCUT2D eigenvalue weighted by molar-refractivity contribution is 5.55. The van der Waals surface area contributed by atoms with Crippen molar-refractivity contribution in [2.45, 2.75) is 32.7 Å². The molecule has 3 rings (SSSR count). The quantitative estimate of drug-likeness (QED) is 0.808. The molecular formula is C14H19NO2. The summed E-state index contributed by atoms with van der Waals surface area (Å²) in [7, 11) is 0. The number of nitrogens with one attached hydrogen (secondary N) is 1. The van der Waals surface area contributed by atoms with Crippen LogP contribution in [-0.2, 0) is 0 Å². The Hall–Kier alpha value is -1.22. The van der Waals surface area contributed by atoms with Gasteiger partial charge in [0.25, 0.3) is 0 Å². The third-order valence-corrected chi connectivity index (χ3v) is 3.87. The van der Waals surface area contributed by atoms with Gasteiger partial charge in [0.1, 0.15) is 13.2 Å². The summed E-state index contributed by atoms with van der Waals surface area (Å²) in [6.07, 6.45) is 2.48. The molecule has 17 heavy (non-hydrogen) atoms. The first-order valence-corrected chi connectivity index (χ1v) is 6.40. The molecule has 1 aromatic rings. The lowest BCUT2D eigenvalue weighted by atomic mass is 9.95. The summed E-state index contributed by atoms with van der Waals surface area (Å²) in [5.74, 6) is 1.86. The molecule has 0 spiro atoms. The molecule has 1 aromatic carbocycles. The second kappa shape index (κ2) is 4.22. The maximum Gasteiger partial charge on any atom is 0.164 e. The van der Waals surface area contributed by atoms with Gasteiger partial charge < -0.3 is 14.8 Å². The van der Waals surface area contributed by atoms with Crippen LogP contribution in [-0.4, -0.2) is 19.8 Å². The Bertz CT molecular complexity index is 436. The lowest BCUT2D eigenvalue weighted by Crippen LogP contribution is -2.19. The molecule has 2 heterocycles. The minimum absolute atomic E-state index is 0.490. The van der Waals surface area contributed by atoms with Crippen LogP contribution in [0.2, 0.25) is 0 Å². The van der Waals surface area contributed by atoms with Crippen LogP contribution in [0.3, 0.4) is 0 Å². The second-order valence-corrected chi connectivity index (χ2v) is 4.89. The van der Waals surface area contributed by atoms with E-state index in [2.05, 4.69) is 25.2 Å². The van der Waals surface area contributed by atoms with Crippen molar-refractivity contribution >= 4 is 0 Å². The normalized spacial score (nSPS) is 22.8. The van der Waals surface area contributed by atoms with E-state index in [1.54, 1.807) is 0 Å². The van der Waals surface area contributed by atoms with E-state index in [0.29, 0.717) is 19.3 Å². The summed E-state index contributed by atoms with van der Waals surface area (Å²) < 4.78 is 11.4. The van der Waals surface area contributed by atoms with Crippen molar-refractivity contribution in [1.82, 2.24) is 5.32 Å². The Morgan fingerprint density at radius 3 is 2.76 bits per heavy atom. The Kier molecular flexibility index (Phi) is 2.71. The fourth-order valence-electron chi connectivity index (χ4n) is 2.78. The highest BCUT2D eigenvalue weighted by Gasteiger charge is 2.24. The van der Waals surface area contributed by atoms with Crippen LogP contribution in [0.5, 0.6) is 11.5 Å². The highest BCUT2D eigenvalue weighted by atomic mass is 16.6. The molecule has 0 aliphatic carbocycles. The van der Waals surface area contributed by atoms with Crippen molar-refractivity contribution in [3.05, 3.63) is 22.8 Å². The van der Waals surface area contributed by atoms with Gasteiger partial charge in [-0.25, -0.2) is 0 Å². The van der Waals surface area contributed by atoms with E-state index in [1.165, 1.54) is 29.5 Å². The molecule has 1 fully saturated rings. The number of fused-ring (bicyclic) bond motifs is 1. The zero-order chi connectivity index (χ0) is 11.8. The standard InChI is InChI=1S/C14H19NO2/c1-9-10(2)14-13(16-6-7-17-14)8-11(9)12-4-3-5-15-12/h8,12,15H,3-7H2,1-2H3. The summed E-state index contributed by atoms with van der Waals surface area (Å²) in [6.45, 7) is 6.75. The SMILES string of the molecule is Cc1c(C2CCCN2)cc2c(c1C)OCCO2. The number of hydrogen-bond donors (Lipinski definition) is 1.